The molecule has 1 N–H and O–H groups in total. The van der Waals surface area contributed by atoms with E-state index in [0.29, 0.717) is 0 Å². The monoisotopic (exact) mass is 363 g/mol. The van der Waals surface area contributed by atoms with Crippen LogP contribution >= 0.6 is 0 Å². The summed E-state index contributed by atoms with van der Waals surface area (Å²) in [5, 5.41) is 10.2. The minimum Gasteiger partial charge on any atom is -0.385 e. The van der Waals surface area contributed by atoms with Crippen LogP contribution in [0.15, 0.2) is 48.7 Å². The molecule has 1 saturated heterocycles. The molecule has 142 valence electrons. The molecule has 0 atom stereocenters. The zero-order valence-corrected chi connectivity index (χ0v) is 16.2. The van der Waals surface area contributed by atoms with Crippen LogP contribution in [0.4, 0.5) is 0 Å². The summed E-state index contributed by atoms with van der Waals surface area (Å²) in [7, 11) is 1.79. The fourth-order valence-corrected chi connectivity index (χ4v) is 4.30. The van der Waals surface area contributed by atoms with Gasteiger partial charge in [-0.2, -0.15) is 5.10 Å². The molecule has 3 aromatic rings. The topological polar surface area (TPSA) is 41.1 Å². The van der Waals surface area contributed by atoms with E-state index in [1.807, 2.05) is 6.20 Å². The Bertz CT molecular complexity index is 859. The van der Waals surface area contributed by atoms with Crippen molar-refractivity contribution < 1.29 is 4.74 Å². The van der Waals surface area contributed by atoms with Crippen molar-refractivity contribution in [2.24, 2.45) is 5.92 Å². The summed E-state index contributed by atoms with van der Waals surface area (Å²) < 4.78 is 5.19. The lowest BCUT2D eigenvalue weighted by atomic mass is 9.92. The normalized spacial score (nSPS) is 16.2. The standard InChI is InChI=1S/C23H29N3O/c1-27-15-5-6-18-11-13-26(14-12-18)17-20-16-24-25-23(20)22-10-4-8-19-7-2-3-9-21(19)22/h2-4,7-10,16,18H,5-6,11-15,17H2,1H3,(H,24,25). The summed E-state index contributed by atoms with van der Waals surface area (Å²) in [4.78, 5) is 2.58. The number of aromatic amines is 1. The maximum absolute atomic E-state index is 5.19. The summed E-state index contributed by atoms with van der Waals surface area (Å²) in [5.41, 5.74) is 3.70. The predicted molar refractivity (Wildman–Crippen MR) is 111 cm³/mol. The van der Waals surface area contributed by atoms with Gasteiger partial charge in [-0.25, -0.2) is 0 Å². The second-order valence-corrected chi connectivity index (χ2v) is 7.65. The Kier molecular flexibility index (Phi) is 5.85. The molecule has 4 nitrogen and oxygen atoms in total. The van der Waals surface area contributed by atoms with Crippen LogP contribution in [0.1, 0.15) is 31.2 Å². The molecule has 4 heteroatoms. The van der Waals surface area contributed by atoms with E-state index in [2.05, 4.69) is 57.6 Å². The Morgan fingerprint density at radius 2 is 1.93 bits per heavy atom. The van der Waals surface area contributed by atoms with Crippen molar-refractivity contribution in [1.82, 2.24) is 15.1 Å². The number of likely N-dealkylation sites (tertiary alicyclic amines) is 1. The average molecular weight is 364 g/mol. The van der Waals surface area contributed by atoms with E-state index in [0.717, 1.165) is 24.8 Å². The van der Waals surface area contributed by atoms with Crippen LogP contribution in [0, 0.1) is 5.92 Å². The van der Waals surface area contributed by atoms with Gasteiger partial charge in [-0.3, -0.25) is 10.00 Å². The number of hydrogen-bond acceptors (Lipinski definition) is 3. The van der Waals surface area contributed by atoms with Crippen LogP contribution in [0.5, 0.6) is 0 Å². The van der Waals surface area contributed by atoms with Gasteiger partial charge in [0.1, 0.15) is 0 Å². The van der Waals surface area contributed by atoms with Gasteiger partial charge in [-0.1, -0.05) is 42.5 Å². The van der Waals surface area contributed by atoms with Crippen molar-refractivity contribution in [2.45, 2.75) is 32.2 Å². The van der Waals surface area contributed by atoms with Gasteiger partial charge in [0, 0.05) is 31.4 Å². The molecule has 0 aliphatic carbocycles. The SMILES string of the molecule is COCCCC1CCN(Cc2cn[nH]c2-c2cccc3ccccc23)CC1. The first-order valence-electron chi connectivity index (χ1n) is 10.1. The number of methoxy groups -OCH3 is 1. The number of hydrogen-bond donors (Lipinski definition) is 1. The maximum atomic E-state index is 5.19. The van der Waals surface area contributed by atoms with Crippen LogP contribution in [0.3, 0.4) is 0 Å². The minimum absolute atomic E-state index is 0.860. The highest BCUT2D eigenvalue weighted by atomic mass is 16.5. The molecule has 2 heterocycles. The lowest BCUT2D eigenvalue weighted by Gasteiger charge is -2.32. The molecule has 0 unspecified atom stereocenters. The first kappa shape index (κ1) is 18.2. The molecule has 0 amide bonds. The molecule has 27 heavy (non-hydrogen) atoms. The van der Waals surface area contributed by atoms with Gasteiger partial charge in [-0.15, -0.1) is 0 Å². The summed E-state index contributed by atoms with van der Waals surface area (Å²) >= 11 is 0. The van der Waals surface area contributed by atoms with Gasteiger partial charge in [0.05, 0.1) is 11.9 Å². The quantitative estimate of drug-likeness (QED) is 0.609. The molecule has 1 fully saturated rings. The van der Waals surface area contributed by atoms with Gasteiger partial charge >= 0.3 is 0 Å². The number of rotatable bonds is 7. The van der Waals surface area contributed by atoms with E-state index >= 15 is 0 Å². The van der Waals surface area contributed by atoms with Crippen LogP contribution in [-0.2, 0) is 11.3 Å². The van der Waals surface area contributed by atoms with Crippen LogP contribution in [-0.4, -0.2) is 41.9 Å². The second-order valence-electron chi connectivity index (χ2n) is 7.65. The van der Waals surface area contributed by atoms with Gasteiger partial charge in [0.2, 0.25) is 0 Å². The highest BCUT2D eigenvalue weighted by Gasteiger charge is 2.21. The van der Waals surface area contributed by atoms with E-state index in [4.69, 9.17) is 4.74 Å². The van der Waals surface area contributed by atoms with E-state index < -0.39 is 0 Å². The van der Waals surface area contributed by atoms with E-state index in [1.165, 1.54) is 60.7 Å². The number of benzene rings is 2. The van der Waals surface area contributed by atoms with E-state index in [1.54, 1.807) is 7.11 Å². The third-order valence-corrected chi connectivity index (χ3v) is 5.84. The first-order valence-corrected chi connectivity index (χ1v) is 10.1. The van der Waals surface area contributed by atoms with Crippen molar-refractivity contribution in [3.8, 4) is 11.3 Å². The molecule has 0 bridgehead atoms. The zero-order chi connectivity index (χ0) is 18.5. The zero-order valence-electron chi connectivity index (χ0n) is 16.2. The van der Waals surface area contributed by atoms with E-state index in [9.17, 15) is 0 Å². The van der Waals surface area contributed by atoms with Crippen molar-refractivity contribution in [2.75, 3.05) is 26.8 Å². The summed E-state index contributed by atoms with van der Waals surface area (Å²) in [6.07, 6.45) is 7.08. The van der Waals surface area contributed by atoms with Crippen molar-refractivity contribution in [1.29, 1.82) is 0 Å². The molecular formula is C23H29N3O. The first-order chi connectivity index (χ1) is 13.3. The summed E-state index contributed by atoms with van der Waals surface area (Å²) in [5.74, 6) is 0.860. The van der Waals surface area contributed by atoms with Gasteiger partial charge in [0.15, 0.2) is 0 Å². The number of aromatic nitrogens is 2. The van der Waals surface area contributed by atoms with Crippen molar-refractivity contribution >= 4 is 10.8 Å². The lowest BCUT2D eigenvalue weighted by Crippen LogP contribution is -2.33. The van der Waals surface area contributed by atoms with Crippen molar-refractivity contribution in [3.05, 3.63) is 54.2 Å². The van der Waals surface area contributed by atoms with Crippen LogP contribution in [0.2, 0.25) is 0 Å². The lowest BCUT2D eigenvalue weighted by molar-refractivity contribution is 0.151. The van der Waals surface area contributed by atoms with Crippen LogP contribution in [0.25, 0.3) is 22.0 Å². The molecular weight excluding hydrogens is 334 g/mol. The molecule has 1 aromatic heterocycles. The third kappa shape index (κ3) is 4.23. The predicted octanol–water partition coefficient (Wildman–Crippen LogP) is 4.87. The third-order valence-electron chi connectivity index (χ3n) is 5.84. The highest BCUT2D eigenvalue weighted by molar-refractivity contribution is 5.96. The number of nitrogens with zero attached hydrogens (tertiary/aromatic N) is 2. The Hall–Kier alpha value is -2.17. The molecule has 2 aromatic carbocycles. The average Bonchev–Trinajstić information content (AvgIpc) is 3.17. The summed E-state index contributed by atoms with van der Waals surface area (Å²) in [6, 6.07) is 15.1. The van der Waals surface area contributed by atoms with E-state index in [-0.39, 0.29) is 0 Å². The Balaban J connectivity index is 1.44. The Morgan fingerprint density at radius 1 is 1.11 bits per heavy atom. The molecule has 4 rings (SSSR count). The maximum Gasteiger partial charge on any atom is 0.0701 e. The molecule has 0 radical (unpaired) electrons. The van der Waals surface area contributed by atoms with Crippen molar-refractivity contribution in [3.63, 3.8) is 0 Å². The fraction of sp³-hybridized carbons (Fsp3) is 0.435. The van der Waals surface area contributed by atoms with Gasteiger partial charge < -0.3 is 4.74 Å². The number of fused-ring (bicyclic) bond motifs is 1. The number of ether oxygens (including phenoxy) is 1. The number of piperidine rings is 1. The van der Waals surface area contributed by atoms with Crippen LogP contribution < -0.4 is 0 Å². The highest BCUT2D eigenvalue weighted by Crippen LogP contribution is 2.31. The van der Waals surface area contributed by atoms with Gasteiger partial charge in [-0.05, 0) is 55.5 Å². The fourth-order valence-electron chi connectivity index (χ4n) is 4.30. The molecule has 1 aliphatic heterocycles. The number of H-pyrrole nitrogens is 1. The molecule has 1 aliphatic rings. The Morgan fingerprint density at radius 3 is 2.78 bits per heavy atom. The Labute approximate surface area is 161 Å². The molecule has 0 spiro atoms. The van der Waals surface area contributed by atoms with Gasteiger partial charge in [0.25, 0.3) is 0 Å². The largest absolute Gasteiger partial charge is 0.385 e. The smallest absolute Gasteiger partial charge is 0.0701 e. The number of nitrogens with one attached hydrogen (secondary N) is 1. The molecule has 0 saturated carbocycles. The second kappa shape index (κ2) is 8.68. The minimum atomic E-state index is 0.860. The summed E-state index contributed by atoms with van der Waals surface area (Å²) in [6.45, 7) is 4.22.